The molecular weight excluding hydrogens is 170 g/mol. The zero-order valence-electron chi connectivity index (χ0n) is 7.67. The van der Waals surface area contributed by atoms with Gasteiger partial charge in [-0.1, -0.05) is 6.42 Å². The van der Waals surface area contributed by atoms with Gasteiger partial charge in [-0.2, -0.15) is 0 Å². The first-order chi connectivity index (χ1) is 6.15. The number of nitrogens with one attached hydrogen (secondary N) is 2. The van der Waals surface area contributed by atoms with Gasteiger partial charge in [0, 0.05) is 6.04 Å². The fraction of sp³-hybridized carbons (Fsp3) is 0.750. The Labute approximate surface area is 77.0 Å². The molecule has 0 aromatic heterocycles. The third-order valence-electron chi connectivity index (χ3n) is 2.55. The Hall–Kier alpha value is -1.10. The van der Waals surface area contributed by atoms with Crippen LogP contribution in [-0.4, -0.2) is 17.9 Å². The summed E-state index contributed by atoms with van der Waals surface area (Å²) < 4.78 is 0. The molecule has 13 heavy (non-hydrogen) atoms. The van der Waals surface area contributed by atoms with Gasteiger partial charge in [0.25, 0.3) is 0 Å². The van der Waals surface area contributed by atoms with Crippen LogP contribution in [0.5, 0.6) is 0 Å². The highest BCUT2D eigenvalue weighted by Crippen LogP contribution is 2.29. The van der Waals surface area contributed by atoms with Crippen molar-refractivity contribution < 1.29 is 9.59 Å². The maximum absolute atomic E-state index is 11.0. The number of nitrogens with two attached hydrogens (primary N) is 1. The minimum Gasteiger partial charge on any atom is -0.345 e. The van der Waals surface area contributed by atoms with Crippen LogP contribution in [0.1, 0.15) is 26.2 Å². The Morgan fingerprint density at radius 3 is 2.38 bits per heavy atom. The van der Waals surface area contributed by atoms with E-state index in [4.69, 9.17) is 5.84 Å². The molecule has 1 rings (SSSR count). The largest absolute Gasteiger partial charge is 0.345 e. The van der Waals surface area contributed by atoms with E-state index in [9.17, 15) is 9.59 Å². The van der Waals surface area contributed by atoms with Crippen LogP contribution in [0.4, 0.5) is 0 Å². The number of hydrogen-bond acceptors (Lipinski definition) is 3. The maximum Gasteiger partial charge on any atom is 0.323 e. The molecule has 0 aromatic carbocycles. The maximum atomic E-state index is 11.0. The fourth-order valence-electron chi connectivity index (χ4n) is 1.40. The zero-order valence-corrected chi connectivity index (χ0v) is 7.67. The smallest absolute Gasteiger partial charge is 0.323 e. The van der Waals surface area contributed by atoms with Crippen molar-refractivity contribution in [2.24, 2.45) is 11.8 Å². The number of carbonyl (C=O) groups excluding carboxylic acids is 2. The molecule has 1 saturated carbocycles. The number of carbonyl (C=O) groups is 2. The quantitative estimate of drug-likeness (QED) is 0.230. The van der Waals surface area contributed by atoms with E-state index in [0.717, 1.165) is 12.8 Å². The predicted octanol–water partition coefficient (Wildman–Crippen LogP) is -0.719. The van der Waals surface area contributed by atoms with E-state index in [2.05, 4.69) is 5.32 Å². The summed E-state index contributed by atoms with van der Waals surface area (Å²) in [5.41, 5.74) is 1.79. The van der Waals surface area contributed by atoms with Crippen LogP contribution in [0.25, 0.3) is 0 Å². The van der Waals surface area contributed by atoms with Crippen molar-refractivity contribution in [2.75, 3.05) is 0 Å². The molecule has 0 radical (unpaired) electrons. The molecule has 4 N–H and O–H groups in total. The van der Waals surface area contributed by atoms with Crippen molar-refractivity contribution in [1.82, 2.24) is 10.7 Å². The van der Waals surface area contributed by atoms with Gasteiger partial charge < -0.3 is 5.32 Å². The van der Waals surface area contributed by atoms with Crippen molar-refractivity contribution in [3.8, 4) is 0 Å². The molecule has 74 valence electrons. The summed E-state index contributed by atoms with van der Waals surface area (Å²) in [4.78, 5) is 21.8. The average molecular weight is 185 g/mol. The van der Waals surface area contributed by atoms with Crippen LogP contribution in [0.15, 0.2) is 0 Å². The molecular formula is C8H15N3O2. The van der Waals surface area contributed by atoms with Crippen LogP contribution in [0.3, 0.4) is 0 Å². The van der Waals surface area contributed by atoms with Gasteiger partial charge in [0.2, 0.25) is 0 Å². The van der Waals surface area contributed by atoms with E-state index in [-0.39, 0.29) is 6.04 Å². The molecule has 0 aromatic rings. The van der Waals surface area contributed by atoms with Crippen LogP contribution >= 0.6 is 0 Å². The molecule has 0 saturated heterocycles. The van der Waals surface area contributed by atoms with Gasteiger partial charge in [-0.15, -0.1) is 0 Å². The lowest BCUT2D eigenvalue weighted by atomic mass is 9.80. The van der Waals surface area contributed by atoms with Crippen LogP contribution in [0, 0.1) is 5.92 Å². The Balaban J connectivity index is 2.30. The van der Waals surface area contributed by atoms with Crippen LogP contribution in [0.2, 0.25) is 0 Å². The molecule has 1 atom stereocenters. The van der Waals surface area contributed by atoms with Crippen molar-refractivity contribution in [1.29, 1.82) is 0 Å². The fourth-order valence-corrected chi connectivity index (χ4v) is 1.40. The monoisotopic (exact) mass is 185 g/mol. The van der Waals surface area contributed by atoms with E-state index >= 15 is 0 Å². The summed E-state index contributed by atoms with van der Waals surface area (Å²) in [5, 5.41) is 2.60. The van der Waals surface area contributed by atoms with E-state index < -0.39 is 11.8 Å². The summed E-state index contributed by atoms with van der Waals surface area (Å²) in [6.45, 7) is 1.91. The van der Waals surface area contributed by atoms with Crippen LogP contribution < -0.4 is 16.6 Å². The molecule has 0 bridgehead atoms. The van der Waals surface area contributed by atoms with Gasteiger partial charge >= 0.3 is 11.8 Å². The second-order valence-electron chi connectivity index (χ2n) is 3.43. The lowest BCUT2D eigenvalue weighted by molar-refractivity contribution is -0.139. The van der Waals surface area contributed by atoms with E-state index in [1.165, 1.54) is 6.42 Å². The second kappa shape index (κ2) is 4.23. The summed E-state index contributed by atoms with van der Waals surface area (Å²) in [7, 11) is 0. The third kappa shape index (κ3) is 2.42. The normalized spacial score (nSPS) is 18.6. The lowest BCUT2D eigenvalue weighted by Gasteiger charge is -2.31. The van der Waals surface area contributed by atoms with Gasteiger partial charge in [0.1, 0.15) is 0 Å². The van der Waals surface area contributed by atoms with Crippen molar-refractivity contribution in [3.05, 3.63) is 0 Å². The van der Waals surface area contributed by atoms with Gasteiger partial charge in [0.15, 0.2) is 0 Å². The van der Waals surface area contributed by atoms with Gasteiger partial charge in [0.05, 0.1) is 0 Å². The SMILES string of the molecule is CC(NC(=O)C(=O)NN)C1CCC1. The minimum atomic E-state index is -0.786. The van der Waals surface area contributed by atoms with E-state index in [1.807, 2.05) is 6.92 Å². The van der Waals surface area contributed by atoms with Crippen molar-refractivity contribution in [2.45, 2.75) is 32.2 Å². The lowest BCUT2D eigenvalue weighted by Crippen LogP contribution is -2.48. The number of amides is 2. The molecule has 5 nitrogen and oxygen atoms in total. The molecule has 0 heterocycles. The molecule has 0 spiro atoms. The van der Waals surface area contributed by atoms with E-state index in [0.29, 0.717) is 5.92 Å². The number of hydrazine groups is 1. The van der Waals surface area contributed by atoms with Crippen LogP contribution in [-0.2, 0) is 9.59 Å². The molecule has 1 aliphatic carbocycles. The third-order valence-corrected chi connectivity index (χ3v) is 2.55. The topological polar surface area (TPSA) is 84.2 Å². The highest BCUT2D eigenvalue weighted by molar-refractivity contribution is 6.34. The summed E-state index contributed by atoms with van der Waals surface area (Å²) in [6, 6.07) is 0.0681. The molecule has 1 unspecified atom stereocenters. The Bertz CT molecular complexity index is 213. The predicted molar refractivity (Wildman–Crippen MR) is 47.3 cm³/mol. The Morgan fingerprint density at radius 2 is 2.00 bits per heavy atom. The number of hydrogen-bond donors (Lipinski definition) is 3. The van der Waals surface area contributed by atoms with Gasteiger partial charge in [-0.25, -0.2) is 5.84 Å². The summed E-state index contributed by atoms with van der Waals surface area (Å²) in [5.74, 6) is 3.90. The standard InChI is InChI=1S/C8H15N3O2/c1-5(6-3-2-4-6)10-7(12)8(13)11-9/h5-6H,2-4,9H2,1H3,(H,10,12)(H,11,13). The highest BCUT2D eigenvalue weighted by Gasteiger charge is 2.26. The van der Waals surface area contributed by atoms with E-state index in [1.54, 1.807) is 5.43 Å². The van der Waals surface area contributed by atoms with Gasteiger partial charge in [-0.3, -0.25) is 15.0 Å². The zero-order chi connectivity index (χ0) is 9.84. The Morgan fingerprint density at radius 1 is 1.38 bits per heavy atom. The molecule has 0 aliphatic heterocycles. The molecule has 1 fully saturated rings. The van der Waals surface area contributed by atoms with Crippen molar-refractivity contribution in [3.63, 3.8) is 0 Å². The first-order valence-corrected chi connectivity index (χ1v) is 4.46. The molecule has 2 amide bonds. The molecule has 1 aliphatic rings. The minimum absolute atomic E-state index is 0.0681. The summed E-state index contributed by atoms with van der Waals surface area (Å²) in [6.07, 6.45) is 3.48. The first kappa shape index (κ1) is 9.98. The Kier molecular flexibility index (Phi) is 3.25. The average Bonchev–Trinajstić information content (AvgIpc) is 1.99. The molecule has 5 heteroatoms. The highest BCUT2D eigenvalue weighted by atomic mass is 16.2. The van der Waals surface area contributed by atoms with Crippen molar-refractivity contribution >= 4 is 11.8 Å². The second-order valence-corrected chi connectivity index (χ2v) is 3.43. The summed E-state index contributed by atoms with van der Waals surface area (Å²) >= 11 is 0. The number of rotatable bonds is 2. The first-order valence-electron chi connectivity index (χ1n) is 4.46. The van der Waals surface area contributed by atoms with Gasteiger partial charge in [-0.05, 0) is 25.7 Å².